The lowest BCUT2D eigenvalue weighted by molar-refractivity contribution is 0.395. The lowest BCUT2D eigenvalue weighted by atomic mass is 9.93. The van der Waals surface area contributed by atoms with Crippen molar-refractivity contribution < 1.29 is 0 Å². The van der Waals surface area contributed by atoms with Crippen molar-refractivity contribution in [2.45, 2.75) is 31.8 Å². The molecular weight excluding hydrogens is 160 g/mol. The van der Waals surface area contributed by atoms with Crippen LogP contribution < -0.4 is 0 Å². The first-order chi connectivity index (χ1) is 4.58. The van der Waals surface area contributed by atoms with Crippen LogP contribution in [0.2, 0.25) is 0 Å². The summed E-state index contributed by atoms with van der Waals surface area (Å²) >= 11 is 4.26. The summed E-state index contributed by atoms with van der Waals surface area (Å²) in [5.41, 5.74) is 0.523. The third-order valence-corrected chi connectivity index (χ3v) is 4.50. The molecule has 1 aliphatic heterocycles. The van der Waals surface area contributed by atoms with E-state index in [2.05, 4.69) is 44.3 Å². The van der Waals surface area contributed by atoms with Gasteiger partial charge in [0.15, 0.2) is 0 Å². The Morgan fingerprint density at radius 2 is 1.70 bits per heavy atom. The lowest BCUT2D eigenvalue weighted by Gasteiger charge is -2.21. The minimum Gasteiger partial charge on any atom is -0.147 e. The van der Waals surface area contributed by atoms with Crippen LogP contribution in [0.4, 0.5) is 0 Å². The van der Waals surface area contributed by atoms with Crippen LogP contribution in [-0.4, -0.2) is 16.1 Å². The fraction of sp³-hybridized carbons (Fsp3) is 1.00. The van der Waals surface area contributed by atoms with Crippen molar-refractivity contribution in [1.29, 1.82) is 0 Å². The third kappa shape index (κ3) is 3.20. The van der Waals surface area contributed by atoms with Crippen molar-refractivity contribution >= 4 is 23.5 Å². The van der Waals surface area contributed by atoms with E-state index in [1.165, 1.54) is 17.9 Å². The van der Waals surface area contributed by atoms with E-state index in [1.807, 2.05) is 0 Å². The topological polar surface area (TPSA) is 0 Å². The van der Waals surface area contributed by atoms with Gasteiger partial charge in [0.1, 0.15) is 0 Å². The maximum atomic E-state index is 2.33. The first-order valence-electron chi connectivity index (χ1n) is 3.81. The largest absolute Gasteiger partial charge is 0.147 e. The van der Waals surface area contributed by atoms with Crippen LogP contribution in [0.25, 0.3) is 0 Å². The Bertz CT molecular complexity index is 98.3. The van der Waals surface area contributed by atoms with Crippen molar-refractivity contribution in [2.75, 3.05) is 11.5 Å². The van der Waals surface area contributed by atoms with E-state index in [9.17, 15) is 0 Å². The molecule has 10 heavy (non-hydrogen) atoms. The van der Waals surface area contributed by atoms with Gasteiger partial charge in [-0.2, -0.15) is 0 Å². The lowest BCUT2D eigenvalue weighted by Crippen LogP contribution is -2.10. The molecule has 1 fully saturated rings. The van der Waals surface area contributed by atoms with E-state index >= 15 is 0 Å². The van der Waals surface area contributed by atoms with E-state index in [0.717, 1.165) is 4.58 Å². The molecule has 0 unspecified atom stereocenters. The molecule has 0 aliphatic carbocycles. The normalized spacial score (nSPS) is 21.9. The SMILES string of the molecule is CC(C)(C)CC1SCCS1. The van der Waals surface area contributed by atoms with Gasteiger partial charge < -0.3 is 0 Å². The van der Waals surface area contributed by atoms with Gasteiger partial charge in [0, 0.05) is 11.5 Å². The first kappa shape index (κ1) is 8.79. The smallest absolute Gasteiger partial charge is 0.0508 e. The van der Waals surface area contributed by atoms with E-state index in [-0.39, 0.29) is 0 Å². The molecule has 1 heterocycles. The molecule has 0 N–H and O–H groups in total. The van der Waals surface area contributed by atoms with Gasteiger partial charge in [-0.15, -0.1) is 23.5 Å². The fourth-order valence-corrected chi connectivity index (χ4v) is 4.52. The predicted octanol–water partition coefficient (Wildman–Crippen LogP) is 3.23. The van der Waals surface area contributed by atoms with Gasteiger partial charge in [-0.05, 0) is 11.8 Å². The highest BCUT2D eigenvalue weighted by molar-refractivity contribution is 8.20. The molecule has 2 heteroatoms. The molecule has 0 bridgehead atoms. The number of rotatable bonds is 1. The average Bonchev–Trinajstić information content (AvgIpc) is 2.12. The van der Waals surface area contributed by atoms with Crippen molar-refractivity contribution in [1.82, 2.24) is 0 Å². The highest BCUT2D eigenvalue weighted by atomic mass is 32.2. The maximum Gasteiger partial charge on any atom is 0.0508 e. The summed E-state index contributed by atoms with van der Waals surface area (Å²) in [7, 11) is 0. The Balaban J connectivity index is 2.24. The van der Waals surface area contributed by atoms with Crippen LogP contribution >= 0.6 is 23.5 Å². The minimum atomic E-state index is 0.523. The van der Waals surface area contributed by atoms with Crippen LogP contribution in [0, 0.1) is 5.41 Å². The van der Waals surface area contributed by atoms with Gasteiger partial charge in [-0.3, -0.25) is 0 Å². The van der Waals surface area contributed by atoms with Gasteiger partial charge >= 0.3 is 0 Å². The second-order valence-corrected chi connectivity index (χ2v) is 6.86. The average molecular weight is 176 g/mol. The van der Waals surface area contributed by atoms with Crippen LogP contribution in [0.3, 0.4) is 0 Å². The van der Waals surface area contributed by atoms with Gasteiger partial charge in [0.05, 0.1) is 4.58 Å². The molecule has 1 saturated heterocycles. The molecule has 0 aromatic carbocycles. The van der Waals surface area contributed by atoms with Crippen LogP contribution in [0.15, 0.2) is 0 Å². The summed E-state index contributed by atoms with van der Waals surface area (Å²) in [5, 5.41) is 0. The Kier molecular flexibility index (Phi) is 2.99. The number of thioether (sulfide) groups is 2. The predicted molar refractivity (Wildman–Crippen MR) is 52.8 cm³/mol. The molecule has 0 saturated carbocycles. The van der Waals surface area contributed by atoms with Crippen LogP contribution in [-0.2, 0) is 0 Å². The van der Waals surface area contributed by atoms with Crippen molar-refractivity contribution in [3.05, 3.63) is 0 Å². The summed E-state index contributed by atoms with van der Waals surface area (Å²) in [6.45, 7) is 6.98. The Hall–Kier alpha value is 0.700. The molecule has 0 radical (unpaired) electrons. The molecule has 1 rings (SSSR count). The summed E-state index contributed by atoms with van der Waals surface area (Å²) in [6.07, 6.45) is 1.36. The van der Waals surface area contributed by atoms with Gasteiger partial charge in [-0.1, -0.05) is 20.8 Å². The maximum absolute atomic E-state index is 2.33. The Morgan fingerprint density at radius 3 is 2.10 bits per heavy atom. The van der Waals surface area contributed by atoms with Crippen LogP contribution in [0.1, 0.15) is 27.2 Å². The molecule has 0 spiro atoms. The van der Waals surface area contributed by atoms with Crippen molar-refractivity contribution in [3.8, 4) is 0 Å². The molecule has 0 aromatic heterocycles. The summed E-state index contributed by atoms with van der Waals surface area (Å²) in [5.74, 6) is 2.73. The second-order valence-electron chi connectivity index (χ2n) is 3.94. The molecule has 1 aliphatic rings. The van der Waals surface area contributed by atoms with E-state index in [4.69, 9.17) is 0 Å². The highest BCUT2D eigenvalue weighted by Crippen LogP contribution is 2.39. The minimum absolute atomic E-state index is 0.523. The first-order valence-corrected chi connectivity index (χ1v) is 5.91. The van der Waals surface area contributed by atoms with Crippen molar-refractivity contribution in [3.63, 3.8) is 0 Å². The zero-order valence-electron chi connectivity index (χ0n) is 7.02. The molecule has 0 amide bonds. The van der Waals surface area contributed by atoms with Gasteiger partial charge in [0.25, 0.3) is 0 Å². The highest BCUT2D eigenvalue weighted by Gasteiger charge is 2.22. The van der Waals surface area contributed by atoms with Gasteiger partial charge in [0.2, 0.25) is 0 Å². The zero-order chi connectivity index (χ0) is 7.61. The van der Waals surface area contributed by atoms with E-state index < -0.39 is 0 Å². The Labute approximate surface area is 72.5 Å². The summed E-state index contributed by atoms with van der Waals surface area (Å²) in [6, 6.07) is 0. The van der Waals surface area contributed by atoms with E-state index in [1.54, 1.807) is 0 Å². The second kappa shape index (κ2) is 3.40. The zero-order valence-corrected chi connectivity index (χ0v) is 8.65. The monoisotopic (exact) mass is 176 g/mol. The van der Waals surface area contributed by atoms with E-state index in [0.29, 0.717) is 5.41 Å². The molecule has 0 atom stereocenters. The van der Waals surface area contributed by atoms with Crippen molar-refractivity contribution in [2.24, 2.45) is 5.41 Å². The fourth-order valence-electron chi connectivity index (χ4n) is 1.03. The summed E-state index contributed by atoms with van der Waals surface area (Å²) < 4.78 is 0.889. The third-order valence-electron chi connectivity index (χ3n) is 1.47. The van der Waals surface area contributed by atoms with Gasteiger partial charge in [-0.25, -0.2) is 0 Å². The molecular formula is C8H16S2. The molecule has 0 aromatic rings. The number of hydrogen-bond donors (Lipinski definition) is 0. The van der Waals surface area contributed by atoms with Crippen LogP contribution in [0.5, 0.6) is 0 Å². The standard InChI is InChI=1S/C8H16S2/c1-8(2,3)6-7-9-4-5-10-7/h7H,4-6H2,1-3H3. The molecule has 60 valence electrons. The molecule has 0 nitrogen and oxygen atoms in total. The Morgan fingerprint density at radius 1 is 1.20 bits per heavy atom. The summed E-state index contributed by atoms with van der Waals surface area (Å²) in [4.78, 5) is 0. The number of hydrogen-bond acceptors (Lipinski definition) is 2. The quantitative estimate of drug-likeness (QED) is 0.601.